The van der Waals surface area contributed by atoms with Crippen molar-refractivity contribution in [3.05, 3.63) is 102 Å². The van der Waals surface area contributed by atoms with Crippen molar-refractivity contribution < 1.29 is 4.79 Å². The summed E-state index contributed by atoms with van der Waals surface area (Å²) in [5.74, 6) is 0.153. The molecule has 0 amide bonds. The van der Waals surface area contributed by atoms with E-state index in [0.717, 1.165) is 23.2 Å². The molecule has 0 saturated carbocycles. The normalized spacial score (nSPS) is 11.7. The Labute approximate surface area is 149 Å². The molecule has 126 valence electrons. The summed E-state index contributed by atoms with van der Waals surface area (Å²) in [6.07, 6.45) is 1.40. The van der Waals surface area contributed by atoms with E-state index in [0.29, 0.717) is 6.42 Å². The number of hydrogen-bond acceptors (Lipinski definition) is 2. The zero-order valence-electron chi connectivity index (χ0n) is 14.5. The molecule has 0 fully saturated rings. The van der Waals surface area contributed by atoms with Crippen LogP contribution >= 0.6 is 0 Å². The Bertz CT molecular complexity index is 795. The molecule has 0 aliphatic rings. The number of Topliss-reactive ketones (excluding diaryl/α,β-unsaturated/α-hetero) is 1. The first-order valence-electron chi connectivity index (χ1n) is 8.75. The highest BCUT2D eigenvalue weighted by Crippen LogP contribution is 2.24. The van der Waals surface area contributed by atoms with E-state index in [1.165, 1.54) is 5.56 Å². The van der Waals surface area contributed by atoms with E-state index in [1.807, 2.05) is 72.8 Å². The lowest BCUT2D eigenvalue weighted by atomic mass is 9.97. The molecule has 0 heterocycles. The van der Waals surface area contributed by atoms with Crippen LogP contribution in [0, 0.1) is 0 Å². The quantitative estimate of drug-likeness (QED) is 0.565. The molecule has 0 saturated heterocycles. The third-order valence-corrected chi connectivity index (χ3v) is 4.39. The van der Waals surface area contributed by atoms with Crippen LogP contribution in [0.15, 0.2) is 84.9 Å². The fourth-order valence-electron chi connectivity index (χ4n) is 2.90. The second-order valence-corrected chi connectivity index (χ2v) is 6.15. The maximum atomic E-state index is 12.8. The lowest BCUT2D eigenvalue weighted by Crippen LogP contribution is -2.15. The molecule has 1 atom stereocenters. The van der Waals surface area contributed by atoms with Crippen LogP contribution < -0.4 is 5.32 Å². The second-order valence-electron chi connectivity index (χ2n) is 6.15. The number of rotatable bonds is 7. The van der Waals surface area contributed by atoms with E-state index in [4.69, 9.17) is 0 Å². The minimum Gasteiger partial charge on any atom is -0.378 e. The standard InChI is InChI=1S/C23H23NO/c1-2-18-13-15-20(16-14-18)23(25)17-22(19-9-5-3-6-10-19)24-21-11-7-4-8-12-21/h3-16,22,24H,2,17H2,1H3. The largest absolute Gasteiger partial charge is 0.378 e. The van der Waals surface area contributed by atoms with Gasteiger partial charge in [-0.15, -0.1) is 0 Å². The maximum absolute atomic E-state index is 12.8. The highest BCUT2D eigenvalue weighted by molar-refractivity contribution is 5.96. The van der Waals surface area contributed by atoms with Gasteiger partial charge in [0, 0.05) is 17.7 Å². The maximum Gasteiger partial charge on any atom is 0.165 e. The fraction of sp³-hybridized carbons (Fsp3) is 0.174. The molecule has 1 unspecified atom stereocenters. The Morgan fingerprint density at radius 2 is 1.44 bits per heavy atom. The first kappa shape index (κ1) is 17.0. The van der Waals surface area contributed by atoms with Crippen LogP contribution in [0.2, 0.25) is 0 Å². The molecule has 25 heavy (non-hydrogen) atoms. The molecule has 3 rings (SSSR count). The molecule has 2 heteroatoms. The van der Waals surface area contributed by atoms with Crippen molar-refractivity contribution in [3.8, 4) is 0 Å². The molecule has 2 nitrogen and oxygen atoms in total. The third kappa shape index (κ3) is 4.57. The molecule has 0 aliphatic heterocycles. The van der Waals surface area contributed by atoms with Gasteiger partial charge in [0.05, 0.1) is 6.04 Å². The third-order valence-electron chi connectivity index (χ3n) is 4.39. The van der Waals surface area contributed by atoms with Gasteiger partial charge in [0.1, 0.15) is 0 Å². The molecular formula is C23H23NO. The van der Waals surface area contributed by atoms with Gasteiger partial charge < -0.3 is 5.32 Å². The molecule has 0 radical (unpaired) electrons. The van der Waals surface area contributed by atoms with Gasteiger partial charge >= 0.3 is 0 Å². The SMILES string of the molecule is CCc1ccc(C(=O)CC(Nc2ccccc2)c2ccccc2)cc1. The summed E-state index contributed by atoms with van der Waals surface area (Å²) in [5, 5.41) is 3.50. The molecule has 1 N–H and O–H groups in total. The second kappa shape index (κ2) is 8.29. The van der Waals surface area contributed by atoms with E-state index < -0.39 is 0 Å². The zero-order valence-corrected chi connectivity index (χ0v) is 14.5. The number of benzene rings is 3. The fourth-order valence-corrected chi connectivity index (χ4v) is 2.90. The van der Waals surface area contributed by atoms with E-state index in [9.17, 15) is 4.79 Å². The first-order chi connectivity index (χ1) is 12.3. The van der Waals surface area contributed by atoms with Crippen LogP contribution in [0.1, 0.15) is 40.9 Å². The van der Waals surface area contributed by atoms with E-state index in [-0.39, 0.29) is 11.8 Å². The van der Waals surface area contributed by atoms with Crippen molar-refractivity contribution >= 4 is 11.5 Å². The van der Waals surface area contributed by atoms with Crippen molar-refractivity contribution in [3.63, 3.8) is 0 Å². The molecule has 0 spiro atoms. The van der Waals surface area contributed by atoms with Crippen molar-refractivity contribution in [1.82, 2.24) is 0 Å². The smallest absolute Gasteiger partial charge is 0.165 e. The van der Waals surface area contributed by atoms with Gasteiger partial charge in [-0.2, -0.15) is 0 Å². The first-order valence-corrected chi connectivity index (χ1v) is 8.75. The van der Waals surface area contributed by atoms with Crippen LogP contribution in [0.25, 0.3) is 0 Å². The van der Waals surface area contributed by atoms with Crippen LogP contribution in [-0.4, -0.2) is 5.78 Å². The zero-order chi connectivity index (χ0) is 17.5. The summed E-state index contributed by atoms with van der Waals surface area (Å²) in [4.78, 5) is 12.8. The van der Waals surface area contributed by atoms with Crippen LogP contribution in [0.5, 0.6) is 0 Å². The van der Waals surface area contributed by atoms with E-state index >= 15 is 0 Å². The lowest BCUT2D eigenvalue weighted by Gasteiger charge is -2.20. The minimum atomic E-state index is -0.0537. The Morgan fingerprint density at radius 1 is 0.840 bits per heavy atom. The Balaban J connectivity index is 1.80. The number of hydrogen-bond donors (Lipinski definition) is 1. The van der Waals surface area contributed by atoms with Crippen molar-refractivity contribution in [2.75, 3.05) is 5.32 Å². The molecule has 3 aromatic rings. The number of nitrogens with one attached hydrogen (secondary N) is 1. The highest BCUT2D eigenvalue weighted by Gasteiger charge is 2.17. The predicted molar refractivity (Wildman–Crippen MR) is 104 cm³/mol. The number of carbonyl (C=O) groups is 1. The Morgan fingerprint density at radius 3 is 2.04 bits per heavy atom. The van der Waals surface area contributed by atoms with Gasteiger partial charge in [-0.1, -0.05) is 79.7 Å². The molecule has 0 bridgehead atoms. The van der Waals surface area contributed by atoms with Gasteiger partial charge in [0.25, 0.3) is 0 Å². The summed E-state index contributed by atoms with van der Waals surface area (Å²) in [6, 6.07) is 28.1. The number of para-hydroxylation sites is 1. The van der Waals surface area contributed by atoms with Crippen molar-refractivity contribution in [2.24, 2.45) is 0 Å². The summed E-state index contributed by atoms with van der Waals surface area (Å²) in [5.41, 5.74) is 4.15. The topological polar surface area (TPSA) is 29.1 Å². The Kier molecular flexibility index (Phi) is 5.63. The van der Waals surface area contributed by atoms with E-state index in [2.05, 4.69) is 24.4 Å². The predicted octanol–water partition coefficient (Wildman–Crippen LogP) is 5.68. The highest BCUT2D eigenvalue weighted by atomic mass is 16.1. The van der Waals surface area contributed by atoms with Crippen LogP contribution in [0.3, 0.4) is 0 Å². The number of carbonyl (C=O) groups excluding carboxylic acids is 1. The number of anilines is 1. The average molecular weight is 329 g/mol. The van der Waals surface area contributed by atoms with Crippen molar-refractivity contribution in [2.45, 2.75) is 25.8 Å². The summed E-state index contributed by atoms with van der Waals surface area (Å²) < 4.78 is 0. The summed E-state index contributed by atoms with van der Waals surface area (Å²) in [6.45, 7) is 2.12. The van der Waals surface area contributed by atoms with Crippen molar-refractivity contribution in [1.29, 1.82) is 0 Å². The van der Waals surface area contributed by atoms with Gasteiger partial charge in [-0.3, -0.25) is 4.79 Å². The van der Waals surface area contributed by atoms with Gasteiger partial charge in [0.2, 0.25) is 0 Å². The monoisotopic (exact) mass is 329 g/mol. The minimum absolute atomic E-state index is 0.0537. The van der Waals surface area contributed by atoms with Crippen LogP contribution in [-0.2, 0) is 6.42 Å². The van der Waals surface area contributed by atoms with Gasteiger partial charge in [0.15, 0.2) is 5.78 Å². The van der Waals surface area contributed by atoms with E-state index in [1.54, 1.807) is 0 Å². The number of aryl methyl sites for hydroxylation is 1. The molecule has 0 aromatic heterocycles. The lowest BCUT2D eigenvalue weighted by molar-refractivity contribution is 0.0976. The summed E-state index contributed by atoms with van der Waals surface area (Å²) >= 11 is 0. The molecule has 0 aliphatic carbocycles. The van der Waals surface area contributed by atoms with Gasteiger partial charge in [-0.05, 0) is 29.7 Å². The summed E-state index contributed by atoms with van der Waals surface area (Å²) in [7, 11) is 0. The Hall–Kier alpha value is -2.87. The number of ketones is 1. The molecular weight excluding hydrogens is 306 g/mol. The van der Waals surface area contributed by atoms with Gasteiger partial charge in [-0.25, -0.2) is 0 Å². The molecule has 3 aromatic carbocycles. The average Bonchev–Trinajstić information content (AvgIpc) is 2.69. The van der Waals surface area contributed by atoms with Crippen LogP contribution in [0.4, 0.5) is 5.69 Å².